The van der Waals surface area contributed by atoms with Crippen LogP contribution in [0, 0.1) is 0 Å². The van der Waals surface area contributed by atoms with E-state index in [9.17, 15) is 18.0 Å². The van der Waals surface area contributed by atoms with E-state index in [1.54, 1.807) is 11.8 Å². The average Bonchev–Trinajstić information content (AvgIpc) is 3.17. The largest absolute Gasteiger partial charge is 0.573 e. The molecular weight excluding hydrogens is 417 g/mol. The summed E-state index contributed by atoms with van der Waals surface area (Å²) in [7, 11) is 1.59. The number of halogens is 3. The first-order valence-corrected chi connectivity index (χ1v) is 9.17. The van der Waals surface area contributed by atoms with Gasteiger partial charge in [0.2, 0.25) is 0 Å². The van der Waals surface area contributed by atoms with E-state index in [1.165, 1.54) is 12.1 Å². The molecule has 1 amide bonds. The molecule has 1 aromatic heterocycles. The summed E-state index contributed by atoms with van der Waals surface area (Å²) in [4.78, 5) is 12.6. The zero-order chi connectivity index (χ0) is 22.0. The highest BCUT2D eigenvalue weighted by molar-refractivity contribution is 6.03. The predicted octanol–water partition coefficient (Wildman–Crippen LogP) is 3.71. The van der Waals surface area contributed by atoms with Crippen molar-refractivity contribution in [2.75, 3.05) is 12.4 Å². The van der Waals surface area contributed by atoms with E-state index >= 15 is 0 Å². The van der Waals surface area contributed by atoms with Crippen LogP contribution in [-0.2, 0) is 17.9 Å². The van der Waals surface area contributed by atoms with Gasteiger partial charge in [0, 0.05) is 5.69 Å². The Morgan fingerprint density at radius 1 is 1.13 bits per heavy atom. The molecule has 162 valence electrons. The molecule has 1 atom stereocenters. The summed E-state index contributed by atoms with van der Waals surface area (Å²) in [6.45, 7) is 0.510. The van der Waals surface area contributed by atoms with Gasteiger partial charge in [0.15, 0.2) is 5.69 Å². The van der Waals surface area contributed by atoms with E-state index in [0.717, 1.165) is 23.4 Å². The van der Waals surface area contributed by atoms with E-state index in [4.69, 9.17) is 9.47 Å². The van der Waals surface area contributed by atoms with Crippen molar-refractivity contribution in [2.24, 2.45) is 0 Å². The summed E-state index contributed by atoms with van der Waals surface area (Å²) < 4.78 is 53.2. The monoisotopic (exact) mass is 434 g/mol. The second-order valence-corrected chi connectivity index (χ2v) is 6.67. The molecule has 1 aliphatic heterocycles. The highest BCUT2D eigenvalue weighted by Gasteiger charge is 2.31. The fourth-order valence-electron chi connectivity index (χ4n) is 3.14. The minimum Gasteiger partial charge on any atom is -0.497 e. The molecule has 2 heterocycles. The fourth-order valence-corrected chi connectivity index (χ4v) is 3.14. The predicted molar refractivity (Wildman–Crippen MR) is 102 cm³/mol. The first-order valence-electron chi connectivity index (χ1n) is 9.17. The summed E-state index contributed by atoms with van der Waals surface area (Å²) in [5, 5.41) is 10.6. The van der Waals surface area contributed by atoms with Crippen molar-refractivity contribution in [1.82, 2.24) is 15.0 Å². The number of benzene rings is 2. The number of carbonyl (C=O) groups is 1. The van der Waals surface area contributed by atoms with Gasteiger partial charge in [-0.15, -0.1) is 18.3 Å². The molecule has 3 aromatic rings. The lowest BCUT2D eigenvalue weighted by atomic mass is 10.1. The number of amides is 1. The third-order valence-electron chi connectivity index (χ3n) is 4.65. The molecule has 31 heavy (non-hydrogen) atoms. The summed E-state index contributed by atoms with van der Waals surface area (Å²) in [6.07, 6.45) is -5.03. The maximum absolute atomic E-state index is 12.6. The first-order chi connectivity index (χ1) is 14.8. The van der Waals surface area contributed by atoms with Crippen LogP contribution in [0.3, 0.4) is 0 Å². The van der Waals surface area contributed by atoms with Crippen molar-refractivity contribution in [1.29, 1.82) is 0 Å². The van der Waals surface area contributed by atoms with Gasteiger partial charge in [0.1, 0.15) is 17.6 Å². The van der Waals surface area contributed by atoms with Crippen molar-refractivity contribution in [3.8, 4) is 11.5 Å². The van der Waals surface area contributed by atoms with E-state index in [-0.39, 0.29) is 29.8 Å². The molecule has 0 aliphatic carbocycles. The summed E-state index contributed by atoms with van der Waals surface area (Å²) >= 11 is 0. The minimum absolute atomic E-state index is 0.0869. The molecule has 4 rings (SSSR count). The number of anilines is 1. The zero-order valence-electron chi connectivity index (χ0n) is 16.2. The number of carbonyl (C=O) groups excluding carboxylic acids is 1. The van der Waals surface area contributed by atoms with Gasteiger partial charge in [-0.05, 0) is 42.0 Å². The zero-order valence-corrected chi connectivity index (χ0v) is 16.2. The van der Waals surface area contributed by atoms with E-state index in [2.05, 4.69) is 20.4 Å². The number of fused-ring (bicyclic) bond motifs is 1. The Labute approximate surface area is 174 Å². The Kier molecular flexibility index (Phi) is 5.51. The fraction of sp³-hybridized carbons (Fsp3) is 0.250. The molecule has 0 spiro atoms. The average molecular weight is 434 g/mol. The van der Waals surface area contributed by atoms with Crippen LogP contribution in [0.1, 0.15) is 27.8 Å². The second kappa shape index (κ2) is 8.26. The molecule has 0 saturated heterocycles. The van der Waals surface area contributed by atoms with Gasteiger partial charge in [-0.2, -0.15) is 0 Å². The number of rotatable bonds is 5. The van der Waals surface area contributed by atoms with Crippen molar-refractivity contribution in [2.45, 2.75) is 25.6 Å². The Balaban J connectivity index is 1.43. The standard InChI is InChI=1S/C20H17F3N4O4/c1-29-14-6-2-12(3-7-14)17-10-27-16(11-30-17)18(25-26-27)19(28)24-13-4-8-15(9-5-13)31-20(21,22)23/h2-9,17H,10-11H2,1H3,(H,24,28)/t17-/m1/s1. The molecule has 8 nitrogen and oxygen atoms in total. The molecule has 0 radical (unpaired) electrons. The van der Waals surface area contributed by atoms with Gasteiger partial charge in [0.05, 0.1) is 26.0 Å². The lowest BCUT2D eigenvalue weighted by Gasteiger charge is -2.24. The van der Waals surface area contributed by atoms with Crippen LogP contribution in [0.15, 0.2) is 48.5 Å². The molecule has 0 fully saturated rings. The minimum atomic E-state index is -4.78. The van der Waals surface area contributed by atoms with Crippen LogP contribution >= 0.6 is 0 Å². The first kappa shape index (κ1) is 20.7. The van der Waals surface area contributed by atoms with E-state index in [1.807, 2.05) is 24.3 Å². The van der Waals surface area contributed by atoms with Crippen LogP contribution in [0.25, 0.3) is 0 Å². The molecule has 11 heteroatoms. The molecule has 0 bridgehead atoms. The van der Waals surface area contributed by atoms with E-state index in [0.29, 0.717) is 12.2 Å². The maximum atomic E-state index is 12.6. The smallest absolute Gasteiger partial charge is 0.497 e. The van der Waals surface area contributed by atoms with Crippen LogP contribution in [0.5, 0.6) is 11.5 Å². The Morgan fingerprint density at radius 2 is 1.81 bits per heavy atom. The molecule has 0 unspecified atom stereocenters. The Morgan fingerprint density at radius 3 is 2.45 bits per heavy atom. The lowest BCUT2D eigenvalue weighted by Crippen LogP contribution is -2.24. The number of hydrogen-bond donors (Lipinski definition) is 1. The van der Waals surface area contributed by atoms with Crippen molar-refractivity contribution >= 4 is 11.6 Å². The van der Waals surface area contributed by atoms with Gasteiger partial charge in [-0.25, -0.2) is 4.68 Å². The molecule has 1 aliphatic rings. The topological polar surface area (TPSA) is 87.5 Å². The van der Waals surface area contributed by atoms with Gasteiger partial charge in [0.25, 0.3) is 5.91 Å². The van der Waals surface area contributed by atoms with Gasteiger partial charge >= 0.3 is 6.36 Å². The van der Waals surface area contributed by atoms with E-state index < -0.39 is 12.3 Å². The Bertz CT molecular complexity index is 1070. The number of nitrogens with zero attached hydrogens (tertiary/aromatic N) is 3. The molecular formula is C20H17F3N4O4. The van der Waals surface area contributed by atoms with Crippen molar-refractivity contribution in [3.05, 3.63) is 65.5 Å². The normalized spacial score (nSPS) is 15.8. The van der Waals surface area contributed by atoms with Crippen LogP contribution in [0.2, 0.25) is 0 Å². The van der Waals surface area contributed by atoms with Crippen molar-refractivity contribution in [3.63, 3.8) is 0 Å². The summed E-state index contributed by atoms with van der Waals surface area (Å²) in [6, 6.07) is 12.3. The number of hydrogen-bond acceptors (Lipinski definition) is 6. The molecule has 0 saturated carbocycles. The van der Waals surface area contributed by atoms with Gasteiger partial charge < -0.3 is 19.5 Å². The van der Waals surface area contributed by atoms with Crippen LogP contribution < -0.4 is 14.8 Å². The van der Waals surface area contributed by atoms with Crippen LogP contribution in [-0.4, -0.2) is 34.4 Å². The molecule has 2 aromatic carbocycles. The van der Waals surface area contributed by atoms with Gasteiger partial charge in [-0.1, -0.05) is 17.3 Å². The third-order valence-corrected chi connectivity index (χ3v) is 4.65. The summed E-state index contributed by atoms with van der Waals surface area (Å²) in [5.41, 5.74) is 1.83. The number of alkyl halides is 3. The lowest BCUT2D eigenvalue weighted by molar-refractivity contribution is -0.274. The number of ether oxygens (including phenoxy) is 3. The van der Waals surface area contributed by atoms with Crippen LogP contribution in [0.4, 0.5) is 18.9 Å². The van der Waals surface area contributed by atoms with Gasteiger partial charge in [-0.3, -0.25) is 4.79 Å². The quantitative estimate of drug-likeness (QED) is 0.659. The number of aromatic nitrogens is 3. The third kappa shape index (κ3) is 4.77. The Hall–Kier alpha value is -3.60. The highest BCUT2D eigenvalue weighted by atomic mass is 19.4. The number of nitrogens with one attached hydrogen (secondary N) is 1. The molecule has 1 N–H and O–H groups in total. The summed E-state index contributed by atoms with van der Waals surface area (Å²) in [5.74, 6) is -0.195. The second-order valence-electron chi connectivity index (χ2n) is 6.67. The van der Waals surface area contributed by atoms with Crippen molar-refractivity contribution < 1.29 is 32.2 Å². The maximum Gasteiger partial charge on any atom is 0.573 e. The SMILES string of the molecule is COc1ccc([C@H]2Cn3nnc(C(=O)Nc4ccc(OC(F)(F)F)cc4)c3CO2)cc1. The highest BCUT2D eigenvalue weighted by Crippen LogP contribution is 2.29. The number of methoxy groups -OCH3 is 1.